The summed E-state index contributed by atoms with van der Waals surface area (Å²) < 4.78 is 5.82. The van der Waals surface area contributed by atoms with Crippen molar-refractivity contribution in [2.24, 2.45) is 0 Å². The number of hydrogen-bond donors (Lipinski definition) is 3. The molecule has 5 aromatic carbocycles. The highest BCUT2D eigenvalue weighted by Crippen LogP contribution is 2.28. The van der Waals surface area contributed by atoms with E-state index in [1.807, 2.05) is 79.7 Å². The van der Waals surface area contributed by atoms with Crippen LogP contribution in [0.25, 0.3) is 6.08 Å². The molecule has 1 unspecified atom stereocenters. The zero-order chi connectivity index (χ0) is 31.4. The molecule has 0 aliphatic heterocycles. The molecule has 0 aliphatic carbocycles. The number of carbonyl (C=O) groups excluding carboxylic acids is 3. The van der Waals surface area contributed by atoms with Crippen molar-refractivity contribution in [1.29, 1.82) is 0 Å². The lowest BCUT2D eigenvalue weighted by Crippen LogP contribution is -2.30. The van der Waals surface area contributed by atoms with Crippen LogP contribution in [0.15, 0.2) is 150 Å². The first-order valence-electron chi connectivity index (χ1n) is 14.3. The van der Waals surface area contributed by atoms with Crippen molar-refractivity contribution in [1.82, 2.24) is 5.32 Å². The van der Waals surface area contributed by atoms with Crippen molar-refractivity contribution >= 4 is 46.9 Å². The van der Waals surface area contributed by atoms with Gasteiger partial charge in [-0.2, -0.15) is 0 Å². The lowest BCUT2D eigenvalue weighted by Gasteiger charge is -2.14. The van der Waals surface area contributed by atoms with E-state index in [1.165, 1.54) is 11.8 Å². The third kappa shape index (κ3) is 9.19. The largest absolute Gasteiger partial charge is 0.457 e. The van der Waals surface area contributed by atoms with Gasteiger partial charge in [0.1, 0.15) is 17.2 Å². The van der Waals surface area contributed by atoms with E-state index in [-0.39, 0.29) is 11.6 Å². The van der Waals surface area contributed by atoms with Gasteiger partial charge >= 0.3 is 0 Å². The first-order chi connectivity index (χ1) is 21.9. The average molecular weight is 614 g/mol. The molecule has 1 atom stereocenters. The van der Waals surface area contributed by atoms with Crippen LogP contribution in [0, 0.1) is 0 Å². The van der Waals surface area contributed by atoms with Gasteiger partial charge in [0.05, 0.1) is 5.25 Å². The highest BCUT2D eigenvalue weighted by molar-refractivity contribution is 8.00. The summed E-state index contributed by atoms with van der Waals surface area (Å²) in [6, 6.07) is 41.9. The molecule has 0 heterocycles. The van der Waals surface area contributed by atoms with E-state index < -0.39 is 17.1 Å². The van der Waals surface area contributed by atoms with Crippen molar-refractivity contribution in [3.05, 3.63) is 156 Å². The summed E-state index contributed by atoms with van der Waals surface area (Å²) in [6.45, 7) is 1.82. The Hall–Kier alpha value is -5.60. The molecule has 3 N–H and O–H groups in total. The number of anilines is 2. The van der Waals surface area contributed by atoms with Gasteiger partial charge in [-0.15, -0.1) is 11.8 Å². The van der Waals surface area contributed by atoms with Gasteiger partial charge < -0.3 is 20.7 Å². The lowest BCUT2D eigenvalue weighted by molar-refractivity contribution is -0.115. The zero-order valence-corrected chi connectivity index (χ0v) is 25.3. The van der Waals surface area contributed by atoms with Crippen molar-refractivity contribution in [2.75, 3.05) is 10.6 Å². The molecule has 0 fully saturated rings. The molecule has 8 heteroatoms. The van der Waals surface area contributed by atoms with E-state index in [4.69, 9.17) is 4.74 Å². The van der Waals surface area contributed by atoms with Crippen LogP contribution in [-0.4, -0.2) is 23.0 Å². The number of amides is 3. The predicted molar refractivity (Wildman–Crippen MR) is 180 cm³/mol. The molecule has 7 nitrogen and oxygen atoms in total. The minimum Gasteiger partial charge on any atom is -0.457 e. The Bertz CT molecular complexity index is 1780. The summed E-state index contributed by atoms with van der Waals surface area (Å²) in [5.41, 5.74) is 2.48. The maximum absolute atomic E-state index is 13.4. The summed E-state index contributed by atoms with van der Waals surface area (Å²) in [6.07, 6.45) is 1.63. The first-order valence-corrected chi connectivity index (χ1v) is 15.2. The van der Waals surface area contributed by atoms with Crippen LogP contribution < -0.4 is 20.7 Å². The van der Waals surface area contributed by atoms with Crippen LogP contribution in [0.4, 0.5) is 11.4 Å². The fourth-order valence-electron chi connectivity index (χ4n) is 4.24. The second-order valence-corrected chi connectivity index (χ2v) is 11.4. The van der Waals surface area contributed by atoms with Gasteiger partial charge in [0, 0.05) is 21.8 Å². The number of hydrogen-bond acceptors (Lipinski definition) is 5. The van der Waals surface area contributed by atoms with Crippen LogP contribution in [0.1, 0.15) is 22.8 Å². The van der Waals surface area contributed by atoms with Crippen LogP contribution in [0.2, 0.25) is 0 Å². The monoisotopic (exact) mass is 613 g/mol. The van der Waals surface area contributed by atoms with Crippen molar-refractivity contribution < 1.29 is 19.1 Å². The Morgan fingerprint density at radius 3 is 1.98 bits per heavy atom. The first kappa shape index (κ1) is 30.8. The summed E-state index contributed by atoms with van der Waals surface area (Å²) in [5.74, 6) is 0.370. The van der Waals surface area contributed by atoms with Crippen molar-refractivity contribution in [3.63, 3.8) is 0 Å². The molecule has 0 spiro atoms. The molecule has 0 saturated carbocycles. The van der Waals surface area contributed by atoms with Gasteiger partial charge in [0.2, 0.25) is 5.91 Å². The summed E-state index contributed by atoms with van der Waals surface area (Å²) >= 11 is 1.36. The van der Waals surface area contributed by atoms with Gasteiger partial charge in [-0.05, 0) is 85.3 Å². The topological polar surface area (TPSA) is 96.5 Å². The third-order valence-corrected chi connectivity index (χ3v) is 7.61. The average Bonchev–Trinajstić information content (AvgIpc) is 3.07. The Morgan fingerprint density at radius 1 is 0.667 bits per heavy atom. The summed E-state index contributed by atoms with van der Waals surface area (Å²) in [4.78, 5) is 40.0. The van der Waals surface area contributed by atoms with Gasteiger partial charge in [-0.3, -0.25) is 14.4 Å². The van der Waals surface area contributed by atoms with Crippen LogP contribution >= 0.6 is 11.8 Å². The minimum absolute atomic E-state index is 0.0982. The molecule has 0 aliphatic rings. The summed E-state index contributed by atoms with van der Waals surface area (Å²) in [5, 5.41) is 8.14. The summed E-state index contributed by atoms with van der Waals surface area (Å²) in [7, 11) is 0. The quantitative estimate of drug-likeness (QED) is 0.104. The molecule has 45 heavy (non-hydrogen) atoms. The lowest BCUT2D eigenvalue weighted by atomic mass is 10.1. The van der Waals surface area contributed by atoms with E-state index in [0.29, 0.717) is 22.7 Å². The Labute approximate surface area is 266 Å². The number of thioether (sulfide) groups is 1. The van der Waals surface area contributed by atoms with E-state index in [2.05, 4.69) is 16.0 Å². The SMILES string of the molecule is CC(Sc1cccc(NC(=O)/C(=C/c2ccccc2)NC(=O)c2ccccc2)c1)C(=O)Nc1ccc(Oc2ccccc2)cc1. The zero-order valence-electron chi connectivity index (χ0n) is 24.5. The normalized spacial score (nSPS) is 11.6. The number of carbonyl (C=O) groups is 3. The molecule has 224 valence electrons. The van der Waals surface area contributed by atoms with Crippen molar-refractivity contribution in [3.8, 4) is 11.5 Å². The number of nitrogens with one attached hydrogen (secondary N) is 3. The number of rotatable bonds is 11. The van der Waals surface area contributed by atoms with Gasteiger partial charge in [-0.1, -0.05) is 72.8 Å². The highest BCUT2D eigenvalue weighted by Gasteiger charge is 2.17. The van der Waals surface area contributed by atoms with Crippen LogP contribution in [0.3, 0.4) is 0 Å². The molecule has 5 rings (SSSR count). The van der Waals surface area contributed by atoms with Crippen molar-refractivity contribution in [2.45, 2.75) is 17.1 Å². The van der Waals surface area contributed by atoms with Gasteiger partial charge in [-0.25, -0.2) is 0 Å². The van der Waals surface area contributed by atoms with E-state index in [1.54, 1.807) is 72.8 Å². The van der Waals surface area contributed by atoms with Gasteiger partial charge in [0.25, 0.3) is 11.8 Å². The molecule has 0 aromatic heterocycles. The smallest absolute Gasteiger partial charge is 0.272 e. The molecule has 0 saturated heterocycles. The number of benzene rings is 5. The second kappa shape index (κ2) is 15.2. The van der Waals surface area contributed by atoms with E-state index in [9.17, 15) is 14.4 Å². The van der Waals surface area contributed by atoms with E-state index in [0.717, 1.165) is 16.2 Å². The molecular formula is C37H31N3O4S. The van der Waals surface area contributed by atoms with Crippen LogP contribution in [0.5, 0.6) is 11.5 Å². The number of para-hydroxylation sites is 1. The van der Waals surface area contributed by atoms with Crippen LogP contribution in [-0.2, 0) is 9.59 Å². The molecule has 5 aromatic rings. The van der Waals surface area contributed by atoms with Gasteiger partial charge in [0.15, 0.2) is 0 Å². The number of ether oxygens (including phenoxy) is 1. The molecule has 3 amide bonds. The second-order valence-electron chi connectivity index (χ2n) is 9.96. The minimum atomic E-state index is -0.476. The van der Waals surface area contributed by atoms with E-state index >= 15 is 0 Å². The molecular weight excluding hydrogens is 582 g/mol. The molecule has 0 bridgehead atoms. The maximum Gasteiger partial charge on any atom is 0.272 e. The predicted octanol–water partition coefficient (Wildman–Crippen LogP) is 8.01. The Morgan fingerprint density at radius 2 is 1.29 bits per heavy atom. The third-order valence-electron chi connectivity index (χ3n) is 6.51. The highest BCUT2D eigenvalue weighted by atomic mass is 32.2. The maximum atomic E-state index is 13.4. The standard InChI is InChI=1S/C37H31N3O4S/c1-26(35(41)38-29-20-22-32(23-21-29)44-31-17-9-4-10-18-31)45-33-19-11-16-30(25-33)39-37(43)34(24-27-12-5-2-6-13-27)40-36(42)28-14-7-3-8-15-28/h2-26H,1H3,(H,38,41)(H,39,43)(H,40,42)/b34-24-. The fourth-order valence-corrected chi connectivity index (χ4v) is 5.16. The Balaban J connectivity index is 1.21. The fraction of sp³-hybridized carbons (Fsp3) is 0.0541. The Kier molecular flexibility index (Phi) is 10.4. The molecule has 0 radical (unpaired) electrons.